The van der Waals surface area contributed by atoms with E-state index in [1.165, 1.54) is 0 Å². The molecule has 4 heavy (non-hydrogen) atoms. The second kappa shape index (κ2) is 0.215. The number of rotatable bonds is 0. The molecule has 2 fully saturated rings. The molecule has 0 unspecified atom stereocenters. The van der Waals surface area contributed by atoms with Crippen LogP contribution in [0.15, 0.2) is 0 Å². The van der Waals surface area contributed by atoms with Gasteiger partial charge in [-0.1, -0.05) is 0 Å². The van der Waals surface area contributed by atoms with Crippen molar-refractivity contribution < 1.29 is 0 Å². The van der Waals surface area contributed by atoms with E-state index in [9.17, 15) is 0 Å². The quantitative estimate of drug-likeness (QED) is 0.335. The predicted molar refractivity (Wildman–Crippen MR) is 19.0 cm³/mol. The van der Waals surface area contributed by atoms with Gasteiger partial charge in [0.25, 0.3) is 0 Å². The van der Waals surface area contributed by atoms with Gasteiger partial charge in [-0.15, -0.1) is 11.4 Å². The summed E-state index contributed by atoms with van der Waals surface area (Å²) in [4.78, 5) is 0. The lowest BCUT2D eigenvalue weighted by Crippen LogP contribution is -1.74. The normalized spacial score (nSPS) is 62.0. The minimum atomic E-state index is 1.000. The molecule has 0 atom stereocenters. The molecule has 0 amide bonds. The third-order valence-electron chi connectivity index (χ3n) is 1.05. The highest BCUT2D eigenvalue weighted by molar-refractivity contribution is 6.97. The first-order chi connectivity index (χ1) is 1.97. The van der Waals surface area contributed by atoms with Crippen molar-refractivity contribution in [1.82, 2.24) is 0 Å². The zero-order valence-corrected chi connectivity index (χ0v) is 2.31. The molecule has 0 nitrogen and oxygen atoms in total. The van der Waals surface area contributed by atoms with Gasteiger partial charge in [0.05, 0.1) is 14.6 Å². The summed E-state index contributed by atoms with van der Waals surface area (Å²) in [6, 6.07) is 0. The van der Waals surface area contributed by atoms with Gasteiger partial charge in [-0.2, -0.15) is 0 Å². The van der Waals surface area contributed by atoms with Crippen LogP contribution in [0.4, 0.5) is 0 Å². The van der Waals surface area contributed by atoms with Gasteiger partial charge in [0, 0.05) is 0 Å². The van der Waals surface area contributed by atoms with Crippen molar-refractivity contribution >= 4 is 14.6 Å². The SMILES string of the molecule is [B]1C2[B]C12. The Morgan fingerprint density at radius 3 is 1.25 bits per heavy atom. The third kappa shape index (κ3) is 0.0411. The van der Waals surface area contributed by atoms with Crippen LogP contribution in [0.5, 0.6) is 0 Å². The van der Waals surface area contributed by atoms with Gasteiger partial charge in [0.1, 0.15) is 0 Å². The van der Waals surface area contributed by atoms with Crippen molar-refractivity contribution in [2.24, 2.45) is 0 Å². The lowest BCUT2D eigenvalue weighted by atomic mass is 9.63. The van der Waals surface area contributed by atoms with Crippen molar-refractivity contribution in [2.75, 3.05) is 0 Å². The van der Waals surface area contributed by atoms with Crippen LogP contribution >= 0.6 is 0 Å². The number of hydrogen-bond acceptors (Lipinski definition) is 0. The highest BCUT2D eigenvalue weighted by Gasteiger charge is 2.53. The summed E-state index contributed by atoms with van der Waals surface area (Å²) in [6.45, 7) is 0. The highest BCUT2D eigenvalue weighted by Crippen LogP contribution is 2.57. The lowest BCUT2D eigenvalue weighted by molar-refractivity contribution is 1.69. The first-order valence-electron chi connectivity index (χ1n) is 1.67. The highest BCUT2D eigenvalue weighted by atomic mass is 14.2. The molecule has 2 radical (unpaired) electrons. The molecule has 0 aromatic heterocycles. The molecule has 0 bridgehead atoms. The summed E-state index contributed by atoms with van der Waals surface area (Å²) in [5, 5.41) is 0. The average molecular weight is 47.7 g/mol. The molecule has 0 aromatic rings. The second-order valence-electron chi connectivity index (χ2n) is 1.54. The van der Waals surface area contributed by atoms with Gasteiger partial charge < -0.3 is 0 Å². The number of hydrogen-bond donors (Lipinski definition) is 0. The summed E-state index contributed by atoms with van der Waals surface area (Å²) in [5.74, 6) is 0. The Labute approximate surface area is 27.1 Å². The molecular weight excluding hydrogens is 45.6 g/mol. The van der Waals surface area contributed by atoms with E-state index < -0.39 is 0 Å². The summed E-state index contributed by atoms with van der Waals surface area (Å²) < 4.78 is 0. The average Bonchev–Trinajstić information content (AvgIpc) is 1.36. The summed E-state index contributed by atoms with van der Waals surface area (Å²) in [7, 11) is 4.67. The molecule has 2 aliphatic heterocycles. The van der Waals surface area contributed by atoms with E-state index in [2.05, 4.69) is 14.6 Å². The minimum absolute atomic E-state index is 1.000. The van der Waals surface area contributed by atoms with Crippen molar-refractivity contribution in [3.63, 3.8) is 0 Å². The van der Waals surface area contributed by atoms with E-state index in [0.29, 0.717) is 0 Å². The minimum Gasteiger partial charge on any atom is -0.107 e. The van der Waals surface area contributed by atoms with E-state index >= 15 is 0 Å². The van der Waals surface area contributed by atoms with Crippen LogP contribution in [0.1, 0.15) is 0 Å². The van der Waals surface area contributed by atoms with Crippen molar-refractivity contribution in [3.05, 3.63) is 0 Å². The van der Waals surface area contributed by atoms with E-state index in [1.807, 2.05) is 0 Å². The van der Waals surface area contributed by atoms with Gasteiger partial charge in [-0.3, -0.25) is 0 Å². The molecule has 0 spiro atoms. The Morgan fingerprint density at radius 1 is 1.00 bits per heavy atom. The van der Waals surface area contributed by atoms with E-state index in [4.69, 9.17) is 0 Å². The molecule has 2 saturated heterocycles. The third-order valence-corrected chi connectivity index (χ3v) is 1.05. The fraction of sp³-hybridized carbons (Fsp3) is 1.00. The van der Waals surface area contributed by atoms with Gasteiger partial charge in [-0.25, -0.2) is 0 Å². The van der Waals surface area contributed by atoms with E-state index in [-0.39, 0.29) is 0 Å². The zero-order chi connectivity index (χ0) is 2.57. The van der Waals surface area contributed by atoms with Crippen LogP contribution in [0.3, 0.4) is 0 Å². The first-order valence-corrected chi connectivity index (χ1v) is 1.67. The van der Waals surface area contributed by atoms with Crippen LogP contribution < -0.4 is 0 Å². The topological polar surface area (TPSA) is 0 Å². The Balaban J connectivity index is 2.48. The molecule has 0 N–H and O–H groups in total. The first kappa shape index (κ1) is 1.54. The molecule has 2 heteroatoms. The maximum Gasteiger partial charge on any atom is 0.0958 e. The predicted octanol–water partition coefficient (Wildman–Crippen LogP) is -0.0860. The fourth-order valence-corrected chi connectivity index (χ4v) is 0.368. The summed E-state index contributed by atoms with van der Waals surface area (Å²) in [5.41, 5.74) is 2.00. The van der Waals surface area contributed by atoms with Crippen LogP contribution in [0, 0.1) is 0 Å². The Kier molecular flexibility index (Phi) is 0.0826. The van der Waals surface area contributed by atoms with Crippen LogP contribution in [0.2, 0.25) is 11.4 Å². The zero-order valence-electron chi connectivity index (χ0n) is 2.31. The Hall–Kier alpha value is 0.130. The Morgan fingerprint density at radius 2 is 1.25 bits per heavy atom. The molecule has 16 valence electrons. The van der Waals surface area contributed by atoms with Gasteiger partial charge in [-0.05, 0) is 0 Å². The van der Waals surface area contributed by atoms with Gasteiger partial charge >= 0.3 is 0 Å². The fourth-order valence-electron chi connectivity index (χ4n) is 0.368. The van der Waals surface area contributed by atoms with Crippen molar-refractivity contribution in [3.8, 4) is 0 Å². The molecular formula is C2H2B2. The monoisotopic (exact) mass is 48.0 g/mol. The molecule has 2 rings (SSSR count). The van der Waals surface area contributed by atoms with Gasteiger partial charge in [0.15, 0.2) is 0 Å². The molecule has 0 aliphatic carbocycles. The summed E-state index contributed by atoms with van der Waals surface area (Å²) in [6.07, 6.45) is 0. The maximum atomic E-state index is 2.33. The summed E-state index contributed by atoms with van der Waals surface area (Å²) >= 11 is 0. The van der Waals surface area contributed by atoms with Crippen LogP contribution in [-0.4, -0.2) is 14.6 Å². The van der Waals surface area contributed by atoms with E-state index in [1.54, 1.807) is 0 Å². The van der Waals surface area contributed by atoms with Gasteiger partial charge in [0.2, 0.25) is 0 Å². The molecule has 0 aromatic carbocycles. The Bertz CT molecular complexity index is 40.0. The van der Waals surface area contributed by atoms with E-state index in [0.717, 1.165) is 11.4 Å². The number of fused-ring (bicyclic) bond motifs is 1. The lowest BCUT2D eigenvalue weighted by Gasteiger charge is -1.54. The largest absolute Gasteiger partial charge is 0.107 e. The van der Waals surface area contributed by atoms with Crippen LogP contribution in [0.25, 0.3) is 0 Å². The smallest absolute Gasteiger partial charge is 0.0958 e. The standard InChI is InChI=1S/C2H2B2/c3-1-2(3)4-1/h1-2H. The molecule has 2 heterocycles. The molecule has 0 saturated carbocycles. The van der Waals surface area contributed by atoms with Crippen molar-refractivity contribution in [2.45, 2.75) is 11.4 Å². The van der Waals surface area contributed by atoms with Crippen LogP contribution in [-0.2, 0) is 0 Å². The molecule has 2 aliphatic rings. The maximum absolute atomic E-state index is 2.33. The second-order valence-corrected chi connectivity index (χ2v) is 1.54. The van der Waals surface area contributed by atoms with Crippen molar-refractivity contribution in [1.29, 1.82) is 0 Å².